The van der Waals surface area contributed by atoms with Crippen molar-refractivity contribution >= 4 is 34.8 Å². The van der Waals surface area contributed by atoms with E-state index in [-0.39, 0.29) is 50.4 Å². The second-order valence-corrected chi connectivity index (χ2v) is 17.7. The predicted octanol–water partition coefficient (Wildman–Crippen LogP) is 8.01. The first-order chi connectivity index (χ1) is 29.8. The third-order valence-electron chi connectivity index (χ3n) is 12.8. The van der Waals surface area contributed by atoms with Gasteiger partial charge in [-0.2, -0.15) is 5.26 Å². The number of aromatic nitrogens is 4. The summed E-state index contributed by atoms with van der Waals surface area (Å²) in [6.07, 6.45) is 5.70. The summed E-state index contributed by atoms with van der Waals surface area (Å²) in [7, 11) is 2.56. The van der Waals surface area contributed by atoms with Crippen molar-refractivity contribution in [3.05, 3.63) is 84.7 Å². The molecule has 1 spiro atoms. The summed E-state index contributed by atoms with van der Waals surface area (Å²) in [4.78, 5) is 71.7. The number of ether oxygens (including phenoxy) is 2. The number of alkyl carbamates (subject to hydrolysis) is 2. The molecule has 3 aliphatic rings. The Balaban J connectivity index is 0.00000340. The minimum atomic E-state index is -0.809. The average molecular weight is 844 g/mol. The van der Waals surface area contributed by atoms with Gasteiger partial charge in [0, 0.05) is 21.5 Å². The number of carbonyl (C=O) groups is 4. The Bertz CT molecular complexity index is 2550. The van der Waals surface area contributed by atoms with Gasteiger partial charge in [-0.15, -0.1) is 0 Å². The van der Waals surface area contributed by atoms with Gasteiger partial charge < -0.3 is 39.9 Å². The van der Waals surface area contributed by atoms with Crippen LogP contribution in [-0.2, 0) is 19.1 Å². The van der Waals surface area contributed by atoms with Gasteiger partial charge in [0.05, 0.1) is 62.1 Å². The maximum absolute atomic E-state index is 13.9. The zero-order valence-corrected chi connectivity index (χ0v) is 35.9. The Morgan fingerprint density at radius 2 is 1.24 bits per heavy atom. The fourth-order valence-electron chi connectivity index (χ4n) is 9.00. The average Bonchev–Trinajstić information content (AvgIpc) is 3.78. The van der Waals surface area contributed by atoms with Gasteiger partial charge in [-0.3, -0.25) is 9.59 Å². The Morgan fingerprint density at radius 3 is 1.79 bits per heavy atom. The van der Waals surface area contributed by atoms with Crippen LogP contribution >= 0.6 is 0 Å². The van der Waals surface area contributed by atoms with Crippen molar-refractivity contribution in [3.8, 4) is 39.7 Å². The molecule has 62 heavy (non-hydrogen) atoms. The number of H-pyrrole nitrogens is 2. The first-order valence-electron chi connectivity index (χ1n) is 21.2. The molecule has 15 nitrogen and oxygen atoms in total. The zero-order chi connectivity index (χ0) is 43.9. The van der Waals surface area contributed by atoms with Crippen LogP contribution in [0.3, 0.4) is 0 Å². The van der Waals surface area contributed by atoms with Crippen molar-refractivity contribution in [2.45, 2.75) is 77.5 Å². The lowest BCUT2D eigenvalue weighted by Gasteiger charge is -2.30. The minimum Gasteiger partial charge on any atom is -0.453 e. The van der Waals surface area contributed by atoms with Crippen LogP contribution in [0.5, 0.6) is 0 Å². The first-order valence-corrected chi connectivity index (χ1v) is 21.2. The topological polar surface area (TPSA) is 198 Å². The second-order valence-electron chi connectivity index (χ2n) is 17.7. The van der Waals surface area contributed by atoms with Crippen molar-refractivity contribution < 1.29 is 31.5 Å². The molecule has 5 aromatic rings. The minimum absolute atomic E-state index is 0. The number of hydrogen-bond donors (Lipinski definition) is 4. The summed E-state index contributed by atoms with van der Waals surface area (Å²) >= 11 is 0. The van der Waals surface area contributed by atoms with Crippen molar-refractivity contribution in [2.24, 2.45) is 23.2 Å². The second kappa shape index (κ2) is 17.0. The Hall–Kier alpha value is -6.69. The van der Waals surface area contributed by atoms with E-state index in [2.05, 4.69) is 86.3 Å². The van der Waals surface area contributed by atoms with Gasteiger partial charge in [0.2, 0.25) is 11.8 Å². The number of fused-ring (bicyclic) bond motifs is 1. The van der Waals surface area contributed by atoms with E-state index in [1.54, 1.807) is 11.1 Å². The van der Waals surface area contributed by atoms with Gasteiger partial charge >= 0.3 is 12.2 Å². The molecule has 4 amide bonds. The molecule has 2 aliphatic heterocycles. The maximum atomic E-state index is 13.9. The lowest BCUT2D eigenvalue weighted by Crippen LogP contribution is -2.51. The van der Waals surface area contributed by atoms with E-state index in [0.717, 1.165) is 69.5 Å². The number of imidazole rings is 2. The number of benzene rings is 3. The number of aromatic amines is 2. The Kier molecular flexibility index (Phi) is 11.5. The highest BCUT2D eigenvalue weighted by Gasteiger charge is 2.55. The Labute approximate surface area is 363 Å². The number of nitriles is 1. The number of nitrogens with zero attached hydrogens (tertiary/aromatic N) is 5. The van der Waals surface area contributed by atoms with Crippen LogP contribution in [0.2, 0.25) is 0 Å². The van der Waals surface area contributed by atoms with Crippen LogP contribution in [0.15, 0.2) is 73.1 Å². The molecule has 1 aliphatic carbocycles. The molecule has 2 aromatic heterocycles. The van der Waals surface area contributed by atoms with Gasteiger partial charge in [-0.1, -0.05) is 76.2 Å². The summed E-state index contributed by atoms with van der Waals surface area (Å²) in [6.45, 7) is 8.43. The number of nitrogens with one attached hydrogen (secondary N) is 4. The highest BCUT2D eigenvalue weighted by molar-refractivity contribution is 5.91. The quantitative estimate of drug-likeness (QED) is 0.102. The molecule has 5 atom stereocenters. The number of methoxy groups -OCH3 is 2. The molecule has 3 fully saturated rings. The number of carbonyl (C=O) groups excluding carboxylic acids is 4. The monoisotopic (exact) mass is 843 g/mol. The van der Waals surface area contributed by atoms with E-state index < -0.39 is 30.3 Å². The van der Waals surface area contributed by atoms with Gasteiger partial charge in [-0.25, -0.2) is 19.6 Å². The van der Waals surface area contributed by atoms with Gasteiger partial charge in [0.1, 0.15) is 23.7 Å². The molecule has 326 valence electrons. The molecule has 4 heterocycles. The van der Waals surface area contributed by atoms with Crippen LogP contribution in [-0.4, -0.2) is 93.1 Å². The van der Waals surface area contributed by atoms with Crippen LogP contribution < -0.4 is 10.6 Å². The third kappa shape index (κ3) is 8.33. The number of amides is 4. The van der Waals surface area contributed by atoms with Gasteiger partial charge in [0.25, 0.3) is 0 Å². The smallest absolute Gasteiger partial charge is 0.407 e. The first kappa shape index (κ1) is 42.0. The highest BCUT2D eigenvalue weighted by atomic mass is 16.5. The maximum Gasteiger partial charge on any atom is 0.407 e. The van der Waals surface area contributed by atoms with Crippen molar-refractivity contribution in [3.63, 3.8) is 0 Å². The van der Waals surface area contributed by atoms with Gasteiger partial charge in [-0.05, 0) is 82.5 Å². The standard InChI is InChI=1S/C47H53N9O6.2H2/c1-26(2)39(53-45(59)61-5)43(57)55-24-28(21-48)17-37(55)41-49-23-36(52-41)34-14-13-32-18-31(11-12-33(32)19-34)29-7-9-30(10-8-29)35-22-50-42(51-35)38-20-47(15-16-47)25-56(38)44(58)40(27(3)4)54-46(60)62-6;;/h7-14,18-19,22-23,26-28,37-40H,15-17,20,24-25H2,1-6H3,(H,49,52)(H,50,51)(H,53,59)(H,54,60);2*1H/t28-,37+,38+,39+,40+;;/m1../s1. The summed E-state index contributed by atoms with van der Waals surface area (Å²) < 4.78 is 9.58. The molecule has 3 aromatic carbocycles. The molecular weight excluding hydrogens is 787 g/mol. The van der Waals surface area contributed by atoms with Crippen LogP contribution in [0.25, 0.3) is 44.4 Å². The van der Waals surface area contributed by atoms with E-state index >= 15 is 0 Å². The van der Waals surface area contributed by atoms with Crippen LogP contribution in [0.4, 0.5) is 9.59 Å². The number of hydrogen-bond acceptors (Lipinski definition) is 9. The number of likely N-dealkylation sites (tertiary alicyclic amines) is 2. The summed E-state index contributed by atoms with van der Waals surface area (Å²) in [5.74, 6) is 0.262. The van der Waals surface area contributed by atoms with E-state index in [9.17, 15) is 24.4 Å². The van der Waals surface area contributed by atoms with E-state index in [0.29, 0.717) is 18.8 Å². The normalized spacial score (nSPS) is 20.0. The molecule has 2 saturated heterocycles. The molecule has 1 saturated carbocycles. The fraction of sp³-hybridized carbons (Fsp3) is 0.426. The van der Waals surface area contributed by atoms with E-state index in [1.165, 1.54) is 14.2 Å². The summed E-state index contributed by atoms with van der Waals surface area (Å²) in [6, 6.07) is 21.1. The predicted molar refractivity (Wildman–Crippen MR) is 236 cm³/mol. The Morgan fingerprint density at radius 1 is 0.742 bits per heavy atom. The van der Waals surface area contributed by atoms with E-state index in [1.807, 2.05) is 44.9 Å². The lowest BCUT2D eigenvalue weighted by molar-refractivity contribution is -0.136. The summed E-state index contributed by atoms with van der Waals surface area (Å²) in [5, 5.41) is 17.3. The lowest BCUT2D eigenvalue weighted by atomic mass is 9.98. The molecule has 0 radical (unpaired) electrons. The van der Waals surface area contributed by atoms with Crippen LogP contribution in [0.1, 0.15) is 80.0 Å². The SMILES string of the molecule is COC(=O)N[C@H](C(=O)N1C[C@@H](C#N)C[C@H]1c1ncc(-c2ccc3cc(-c4ccc(-c5cnc([C@@H]6CC7(CC7)CN6C(=O)[C@@H](NC(=O)OC)C(C)C)[nH]5)cc4)ccc3c2)[nH]1)C(C)C.[HH].[HH]. The largest absolute Gasteiger partial charge is 0.453 e. The zero-order valence-electron chi connectivity index (χ0n) is 35.9. The number of rotatable bonds is 11. The molecule has 0 bridgehead atoms. The van der Waals surface area contributed by atoms with Crippen molar-refractivity contribution in [1.82, 2.24) is 40.4 Å². The highest BCUT2D eigenvalue weighted by Crippen LogP contribution is 2.58. The molecule has 0 unspecified atom stereocenters. The third-order valence-corrected chi connectivity index (χ3v) is 12.8. The molecule has 8 rings (SSSR count). The molecule has 15 heteroatoms. The summed E-state index contributed by atoms with van der Waals surface area (Å²) in [5.41, 5.74) is 5.81. The fourth-order valence-corrected chi connectivity index (χ4v) is 9.00. The van der Waals surface area contributed by atoms with E-state index in [4.69, 9.17) is 14.5 Å². The van der Waals surface area contributed by atoms with Crippen LogP contribution in [0, 0.1) is 34.5 Å². The van der Waals surface area contributed by atoms with Crippen molar-refractivity contribution in [2.75, 3.05) is 27.3 Å². The van der Waals surface area contributed by atoms with Gasteiger partial charge in [0.15, 0.2) is 0 Å². The van der Waals surface area contributed by atoms with Crippen molar-refractivity contribution in [1.29, 1.82) is 5.26 Å². The molecule has 4 N–H and O–H groups in total. The molecular formula is C47H57N9O6.